The predicted molar refractivity (Wildman–Crippen MR) is 116 cm³/mol. The Kier molecular flexibility index (Phi) is 6.22. The van der Waals surface area contributed by atoms with Crippen LogP contribution in [0.1, 0.15) is 11.3 Å². The summed E-state index contributed by atoms with van der Waals surface area (Å²) >= 11 is 1.66. The molecule has 6 heteroatoms. The molecule has 0 radical (unpaired) electrons. The number of ether oxygens (including phenoxy) is 1. The van der Waals surface area contributed by atoms with Crippen LogP contribution in [-0.2, 0) is 18.7 Å². The number of aromatic nitrogens is 4. The molecule has 2 heterocycles. The van der Waals surface area contributed by atoms with Gasteiger partial charge in [-0.3, -0.25) is 4.98 Å². The predicted octanol–water partition coefficient (Wildman–Crippen LogP) is 4.88. The summed E-state index contributed by atoms with van der Waals surface area (Å²) in [4.78, 5) is 4.41. The zero-order valence-corrected chi connectivity index (χ0v) is 17.0. The number of hydrogen-bond donors (Lipinski definition) is 0. The summed E-state index contributed by atoms with van der Waals surface area (Å²) in [7, 11) is 1.67. The van der Waals surface area contributed by atoms with E-state index in [1.807, 2.05) is 54.7 Å². The maximum Gasteiger partial charge on any atom is 0.191 e. The molecule has 0 aliphatic heterocycles. The molecular formula is C23H22N4OS. The van der Waals surface area contributed by atoms with Crippen molar-refractivity contribution in [1.82, 2.24) is 19.7 Å². The molecule has 0 saturated heterocycles. The third-order valence-corrected chi connectivity index (χ3v) is 5.61. The first-order valence-electron chi connectivity index (χ1n) is 9.48. The smallest absolute Gasteiger partial charge is 0.191 e. The van der Waals surface area contributed by atoms with E-state index in [1.54, 1.807) is 18.9 Å². The first-order chi connectivity index (χ1) is 14.3. The molecule has 29 heavy (non-hydrogen) atoms. The minimum absolute atomic E-state index is 0.757. The monoisotopic (exact) mass is 402 g/mol. The molecule has 0 atom stereocenters. The van der Waals surface area contributed by atoms with E-state index in [9.17, 15) is 0 Å². The molecule has 0 aliphatic carbocycles. The Labute approximate surface area is 174 Å². The van der Waals surface area contributed by atoms with Gasteiger partial charge in [-0.15, -0.1) is 10.2 Å². The molecule has 0 aliphatic rings. The third-order valence-electron chi connectivity index (χ3n) is 4.61. The lowest BCUT2D eigenvalue weighted by Crippen LogP contribution is -2.05. The molecule has 4 aromatic rings. The van der Waals surface area contributed by atoms with Gasteiger partial charge >= 0.3 is 0 Å². The number of rotatable bonds is 8. The minimum atomic E-state index is 0.757. The Bertz CT molecular complexity index is 1030. The topological polar surface area (TPSA) is 52.8 Å². The highest BCUT2D eigenvalue weighted by atomic mass is 32.2. The average Bonchev–Trinajstić information content (AvgIpc) is 3.20. The maximum absolute atomic E-state index is 5.28. The van der Waals surface area contributed by atoms with Crippen molar-refractivity contribution < 1.29 is 4.74 Å². The molecule has 0 amide bonds. The highest BCUT2D eigenvalue weighted by molar-refractivity contribution is 7.98. The molecule has 0 spiro atoms. The van der Waals surface area contributed by atoms with Gasteiger partial charge in [0.05, 0.1) is 12.8 Å². The number of hydrogen-bond acceptors (Lipinski definition) is 5. The lowest BCUT2D eigenvalue weighted by molar-refractivity contribution is 0.415. The fraction of sp³-hybridized carbons (Fsp3) is 0.174. The van der Waals surface area contributed by atoms with Crippen molar-refractivity contribution in [2.45, 2.75) is 23.9 Å². The second-order valence-electron chi connectivity index (χ2n) is 6.53. The molecule has 2 aromatic heterocycles. The number of benzene rings is 2. The van der Waals surface area contributed by atoms with Crippen LogP contribution in [-0.4, -0.2) is 26.9 Å². The highest BCUT2D eigenvalue weighted by Crippen LogP contribution is 2.27. The molecule has 0 saturated carbocycles. The van der Waals surface area contributed by atoms with Crippen molar-refractivity contribution in [3.05, 3.63) is 90.3 Å². The Hall–Kier alpha value is -3.12. The number of methoxy groups -OCH3 is 1. The fourth-order valence-electron chi connectivity index (χ4n) is 3.06. The summed E-state index contributed by atoms with van der Waals surface area (Å²) in [5, 5.41) is 9.88. The van der Waals surface area contributed by atoms with Crippen molar-refractivity contribution in [1.29, 1.82) is 0 Å². The van der Waals surface area contributed by atoms with Gasteiger partial charge in [0.1, 0.15) is 5.75 Å². The summed E-state index contributed by atoms with van der Waals surface area (Å²) in [6, 6.07) is 24.4. The van der Waals surface area contributed by atoms with Gasteiger partial charge in [0.2, 0.25) is 0 Å². The second kappa shape index (κ2) is 9.39. The van der Waals surface area contributed by atoms with Crippen LogP contribution in [0.4, 0.5) is 0 Å². The van der Waals surface area contributed by atoms with Crippen molar-refractivity contribution in [3.63, 3.8) is 0 Å². The van der Waals surface area contributed by atoms with Crippen LogP contribution in [0.2, 0.25) is 0 Å². The Morgan fingerprint density at radius 2 is 1.69 bits per heavy atom. The summed E-state index contributed by atoms with van der Waals surface area (Å²) in [5.41, 5.74) is 3.35. The Morgan fingerprint density at radius 1 is 0.897 bits per heavy atom. The van der Waals surface area contributed by atoms with Gasteiger partial charge in [-0.1, -0.05) is 48.2 Å². The minimum Gasteiger partial charge on any atom is -0.497 e. The number of aryl methyl sites for hydroxylation is 1. The summed E-state index contributed by atoms with van der Waals surface area (Å²) < 4.78 is 7.48. The van der Waals surface area contributed by atoms with E-state index in [-0.39, 0.29) is 0 Å². The number of pyridine rings is 1. The standard InChI is InChI=1S/C23H22N4OS/c1-28-21-12-10-19(11-13-21)22-25-26-23(29-17-20-9-5-6-15-24-20)27(22)16-14-18-7-3-2-4-8-18/h2-13,15H,14,16-17H2,1H3. The zero-order chi connectivity index (χ0) is 19.9. The first kappa shape index (κ1) is 19.2. The SMILES string of the molecule is COc1ccc(-c2nnc(SCc3ccccn3)n2CCc2ccccc2)cc1. The molecule has 5 nitrogen and oxygen atoms in total. The van der Waals surface area contributed by atoms with Gasteiger partial charge in [0.25, 0.3) is 0 Å². The van der Waals surface area contributed by atoms with Crippen LogP contribution in [0.3, 0.4) is 0 Å². The lowest BCUT2D eigenvalue weighted by Gasteiger charge is -2.11. The van der Waals surface area contributed by atoms with Gasteiger partial charge in [-0.05, 0) is 48.4 Å². The summed E-state index contributed by atoms with van der Waals surface area (Å²) in [5.74, 6) is 2.45. The van der Waals surface area contributed by atoms with Crippen molar-refractivity contribution in [3.8, 4) is 17.1 Å². The Balaban J connectivity index is 1.60. The molecule has 0 bridgehead atoms. The zero-order valence-electron chi connectivity index (χ0n) is 16.2. The third kappa shape index (κ3) is 4.84. The highest BCUT2D eigenvalue weighted by Gasteiger charge is 2.15. The van der Waals surface area contributed by atoms with Crippen LogP contribution >= 0.6 is 11.8 Å². The second-order valence-corrected chi connectivity index (χ2v) is 7.47. The van der Waals surface area contributed by atoms with Crippen LogP contribution in [0, 0.1) is 0 Å². The molecule has 0 unspecified atom stereocenters. The summed E-state index contributed by atoms with van der Waals surface area (Å²) in [6.07, 6.45) is 2.73. The van der Waals surface area contributed by atoms with E-state index in [4.69, 9.17) is 4.74 Å². The van der Waals surface area contributed by atoms with Crippen molar-refractivity contribution in [2.24, 2.45) is 0 Å². The van der Waals surface area contributed by atoms with E-state index in [2.05, 4.69) is 44.0 Å². The van der Waals surface area contributed by atoms with E-state index in [1.165, 1.54) is 5.56 Å². The van der Waals surface area contributed by atoms with E-state index < -0.39 is 0 Å². The molecular weight excluding hydrogens is 380 g/mol. The van der Waals surface area contributed by atoms with Gasteiger partial charge in [-0.25, -0.2) is 0 Å². The maximum atomic E-state index is 5.28. The number of nitrogens with zero attached hydrogens (tertiary/aromatic N) is 4. The molecule has 0 N–H and O–H groups in total. The van der Waals surface area contributed by atoms with Gasteiger partial charge in [0.15, 0.2) is 11.0 Å². The quantitative estimate of drug-likeness (QED) is 0.393. The van der Waals surface area contributed by atoms with E-state index >= 15 is 0 Å². The van der Waals surface area contributed by atoms with Gasteiger partial charge < -0.3 is 9.30 Å². The van der Waals surface area contributed by atoms with Crippen molar-refractivity contribution in [2.75, 3.05) is 7.11 Å². The van der Waals surface area contributed by atoms with Gasteiger partial charge in [-0.2, -0.15) is 0 Å². The van der Waals surface area contributed by atoms with Crippen LogP contribution in [0.5, 0.6) is 5.75 Å². The largest absolute Gasteiger partial charge is 0.497 e. The van der Waals surface area contributed by atoms with Crippen LogP contribution in [0.25, 0.3) is 11.4 Å². The van der Waals surface area contributed by atoms with E-state index in [0.29, 0.717) is 0 Å². The Morgan fingerprint density at radius 3 is 2.41 bits per heavy atom. The first-order valence-corrected chi connectivity index (χ1v) is 10.5. The van der Waals surface area contributed by atoms with Crippen LogP contribution < -0.4 is 4.74 Å². The molecule has 0 fully saturated rings. The normalized spacial score (nSPS) is 10.8. The fourth-order valence-corrected chi connectivity index (χ4v) is 3.94. The van der Waals surface area contributed by atoms with E-state index in [0.717, 1.165) is 46.7 Å². The van der Waals surface area contributed by atoms with Gasteiger partial charge in [0, 0.05) is 24.1 Å². The number of thioether (sulfide) groups is 1. The average molecular weight is 403 g/mol. The van der Waals surface area contributed by atoms with Crippen LogP contribution in [0.15, 0.2) is 84.1 Å². The molecule has 146 valence electrons. The lowest BCUT2D eigenvalue weighted by atomic mass is 10.1. The molecule has 2 aromatic carbocycles. The summed E-state index contributed by atoms with van der Waals surface area (Å²) in [6.45, 7) is 0.808. The van der Waals surface area contributed by atoms with Crippen molar-refractivity contribution >= 4 is 11.8 Å². The molecule has 4 rings (SSSR count).